The highest BCUT2D eigenvalue weighted by Crippen LogP contribution is 2.33. The Morgan fingerprint density at radius 2 is 1.85 bits per heavy atom. The molecule has 0 atom stereocenters. The van der Waals surface area contributed by atoms with Gasteiger partial charge in [0.2, 0.25) is 5.13 Å². The van der Waals surface area contributed by atoms with E-state index in [9.17, 15) is 4.39 Å². The fraction of sp³-hybridized carbons (Fsp3) is 0.300. The Kier molecular flexibility index (Phi) is 4.70. The van der Waals surface area contributed by atoms with Crippen LogP contribution in [0.2, 0.25) is 0 Å². The number of aryl methyl sites for hydroxylation is 1. The van der Waals surface area contributed by atoms with Crippen molar-refractivity contribution in [3.8, 4) is 0 Å². The molecular formula is C20H21FN4S. The van der Waals surface area contributed by atoms with E-state index in [4.69, 9.17) is 0 Å². The molecule has 0 bridgehead atoms. The van der Waals surface area contributed by atoms with Crippen LogP contribution < -0.4 is 4.90 Å². The fourth-order valence-corrected chi connectivity index (χ4v) is 3.88. The van der Waals surface area contributed by atoms with Gasteiger partial charge in [0.15, 0.2) is 0 Å². The maximum Gasteiger partial charge on any atom is 0.210 e. The van der Waals surface area contributed by atoms with Crippen LogP contribution in [-0.4, -0.2) is 49.3 Å². The average Bonchev–Trinajstić information content (AvgIpc) is 3.03. The summed E-state index contributed by atoms with van der Waals surface area (Å²) in [5.41, 5.74) is 3.58. The van der Waals surface area contributed by atoms with Crippen LogP contribution in [0.1, 0.15) is 11.1 Å². The van der Waals surface area contributed by atoms with Crippen molar-refractivity contribution in [2.24, 2.45) is 4.99 Å². The van der Waals surface area contributed by atoms with Crippen LogP contribution in [0.3, 0.4) is 0 Å². The summed E-state index contributed by atoms with van der Waals surface area (Å²) in [6, 6.07) is 11.6. The molecule has 0 aliphatic carbocycles. The van der Waals surface area contributed by atoms with Crippen LogP contribution in [0.25, 0.3) is 10.2 Å². The van der Waals surface area contributed by atoms with E-state index >= 15 is 0 Å². The largest absolute Gasteiger partial charge is 0.367 e. The minimum Gasteiger partial charge on any atom is -0.367 e. The van der Waals surface area contributed by atoms with Crippen molar-refractivity contribution in [2.75, 3.05) is 38.1 Å². The second-order valence-electron chi connectivity index (χ2n) is 6.73. The number of rotatable bonds is 3. The molecule has 4 rings (SSSR count). The molecule has 0 unspecified atom stereocenters. The Bertz CT molecular complexity index is 940. The molecule has 1 aliphatic rings. The summed E-state index contributed by atoms with van der Waals surface area (Å²) >= 11 is 1.49. The van der Waals surface area contributed by atoms with E-state index in [1.807, 2.05) is 18.2 Å². The maximum absolute atomic E-state index is 14.6. The summed E-state index contributed by atoms with van der Waals surface area (Å²) in [4.78, 5) is 13.3. The lowest BCUT2D eigenvalue weighted by Crippen LogP contribution is -2.44. The average molecular weight is 368 g/mol. The molecule has 134 valence electrons. The summed E-state index contributed by atoms with van der Waals surface area (Å²) in [5, 5.41) is 0.649. The number of hydrogen-bond acceptors (Lipinski definition) is 5. The van der Waals surface area contributed by atoms with Crippen molar-refractivity contribution in [1.29, 1.82) is 0 Å². The Labute approximate surface area is 156 Å². The number of nitrogens with zero attached hydrogens (tertiary/aromatic N) is 4. The van der Waals surface area contributed by atoms with Crippen molar-refractivity contribution in [3.63, 3.8) is 0 Å². The predicted octanol–water partition coefficient (Wildman–Crippen LogP) is 4.25. The third-order valence-corrected chi connectivity index (χ3v) is 5.62. The second kappa shape index (κ2) is 7.13. The lowest BCUT2D eigenvalue weighted by molar-refractivity contribution is 0.312. The maximum atomic E-state index is 14.6. The number of thiazole rings is 1. The van der Waals surface area contributed by atoms with Crippen molar-refractivity contribution >= 4 is 38.6 Å². The van der Waals surface area contributed by atoms with E-state index in [0.29, 0.717) is 16.3 Å². The zero-order valence-electron chi connectivity index (χ0n) is 14.9. The molecule has 0 N–H and O–H groups in total. The number of benzene rings is 2. The van der Waals surface area contributed by atoms with Crippen molar-refractivity contribution in [3.05, 3.63) is 53.3 Å². The summed E-state index contributed by atoms with van der Waals surface area (Å²) in [6.07, 6.45) is 1.80. The molecule has 1 fully saturated rings. The van der Waals surface area contributed by atoms with E-state index in [2.05, 4.69) is 45.9 Å². The number of likely N-dealkylation sites (N-methyl/N-ethyl adjacent to an activating group) is 1. The summed E-state index contributed by atoms with van der Waals surface area (Å²) < 4.78 is 15.5. The number of fused-ring (bicyclic) bond motifs is 1. The van der Waals surface area contributed by atoms with Crippen LogP contribution in [0.15, 0.2) is 41.4 Å². The zero-order valence-corrected chi connectivity index (χ0v) is 15.8. The molecule has 3 aromatic rings. The van der Waals surface area contributed by atoms with Gasteiger partial charge in [0.05, 0.1) is 15.9 Å². The molecule has 6 heteroatoms. The van der Waals surface area contributed by atoms with Gasteiger partial charge in [-0.05, 0) is 25.6 Å². The van der Waals surface area contributed by atoms with Gasteiger partial charge < -0.3 is 9.80 Å². The first-order valence-corrected chi connectivity index (χ1v) is 9.54. The molecule has 2 heterocycles. The highest BCUT2D eigenvalue weighted by atomic mass is 32.1. The first-order chi connectivity index (χ1) is 12.6. The highest BCUT2D eigenvalue weighted by molar-refractivity contribution is 7.22. The molecule has 26 heavy (non-hydrogen) atoms. The van der Waals surface area contributed by atoms with E-state index in [1.54, 1.807) is 6.21 Å². The summed E-state index contributed by atoms with van der Waals surface area (Å²) in [5.74, 6) is -0.207. The van der Waals surface area contributed by atoms with Gasteiger partial charge in [-0.3, -0.25) is 0 Å². The number of hydrogen-bond donors (Lipinski definition) is 0. The minimum absolute atomic E-state index is 0.207. The SMILES string of the molecule is Cc1ccc(/C=N/c2nc3cc(F)c(N4CCN(C)CC4)cc3s2)cc1. The van der Waals surface area contributed by atoms with Gasteiger partial charge in [-0.1, -0.05) is 41.2 Å². The molecule has 2 aromatic carbocycles. The molecule has 1 saturated heterocycles. The molecule has 1 aromatic heterocycles. The Hall–Kier alpha value is -2.31. The van der Waals surface area contributed by atoms with E-state index in [1.165, 1.54) is 23.0 Å². The normalized spacial score (nSPS) is 16.0. The van der Waals surface area contributed by atoms with Crippen LogP contribution in [0, 0.1) is 12.7 Å². The smallest absolute Gasteiger partial charge is 0.210 e. The van der Waals surface area contributed by atoms with Gasteiger partial charge in [-0.2, -0.15) is 0 Å². The van der Waals surface area contributed by atoms with Gasteiger partial charge in [0, 0.05) is 38.5 Å². The van der Waals surface area contributed by atoms with Crippen molar-refractivity contribution in [1.82, 2.24) is 9.88 Å². The molecule has 0 radical (unpaired) electrons. The van der Waals surface area contributed by atoms with Crippen LogP contribution >= 0.6 is 11.3 Å². The third kappa shape index (κ3) is 3.61. The standard InChI is InChI=1S/C20H21FN4S/c1-14-3-5-15(6-4-14)13-22-20-23-17-11-16(21)18(12-19(17)26-20)25-9-7-24(2)8-10-25/h3-6,11-13H,7-10H2,1-2H3/b22-13+. The van der Waals surface area contributed by atoms with E-state index < -0.39 is 0 Å². The quantitative estimate of drug-likeness (QED) is 0.648. The topological polar surface area (TPSA) is 31.7 Å². The highest BCUT2D eigenvalue weighted by Gasteiger charge is 2.19. The first-order valence-electron chi connectivity index (χ1n) is 8.73. The molecule has 1 aliphatic heterocycles. The lowest BCUT2D eigenvalue weighted by atomic mass is 10.2. The van der Waals surface area contributed by atoms with E-state index in [-0.39, 0.29) is 5.82 Å². The minimum atomic E-state index is -0.207. The number of piperazine rings is 1. The van der Waals surface area contributed by atoms with Crippen LogP contribution in [0.5, 0.6) is 0 Å². The monoisotopic (exact) mass is 368 g/mol. The van der Waals surface area contributed by atoms with Crippen LogP contribution in [-0.2, 0) is 0 Å². The molecular weight excluding hydrogens is 347 g/mol. The van der Waals surface area contributed by atoms with Crippen molar-refractivity contribution in [2.45, 2.75) is 6.92 Å². The molecule has 4 nitrogen and oxygen atoms in total. The van der Waals surface area contributed by atoms with Gasteiger partial charge in [-0.15, -0.1) is 0 Å². The Balaban J connectivity index is 1.60. The second-order valence-corrected chi connectivity index (χ2v) is 7.74. The first kappa shape index (κ1) is 17.1. The number of aromatic nitrogens is 1. The number of anilines is 1. The predicted molar refractivity (Wildman–Crippen MR) is 108 cm³/mol. The number of aliphatic imine (C=N–C) groups is 1. The fourth-order valence-electron chi connectivity index (χ4n) is 3.05. The van der Waals surface area contributed by atoms with Gasteiger partial charge in [-0.25, -0.2) is 14.4 Å². The number of halogens is 1. The zero-order chi connectivity index (χ0) is 18.1. The van der Waals surface area contributed by atoms with Gasteiger partial charge in [0.25, 0.3) is 0 Å². The third-order valence-electron chi connectivity index (χ3n) is 4.69. The summed E-state index contributed by atoms with van der Waals surface area (Å²) in [6.45, 7) is 5.64. The van der Waals surface area contributed by atoms with Gasteiger partial charge >= 0.3 is 0 Å². The Morgan fingerprint density at radius 3 is 2.58 bits per heavy atom. The lowest BCUT2D eigenvalue weighted by Gasteiger charge is -2.34. The molecule has 0 amide bonds. The van der Waals surface area contributed by atoms with Crippen LogP contribution in [0.4, 0.5) is 15.2 Å². The Morgan fingerprint density at radius 1 is 1.12 bits per heavy atom. The van der Waals surface area contributed by atoms with Crippen molar-refractivity contribution < 1.29 is 4.39 Å². The molecule has 0 spiro atoms. The van der Waals surface area contributed by atoms with Gasteiger partial charge in [0.1, 0.15) is 5.82 Å². The molecule has 0 saturated carbocycles. The summed E-state index contributed by atoms with van der Waals surface area (Å²) in [7, 11) is 2.10. The van der Waals surface area contributed by atoms with E-state index in [0.717, 1.165) is 36.4 Å².